The molecule has 1 fully saturated rings. The molecule has 2 rings (SSSR count). The van der Waals surface area contributed by atoms with Gasteiger partial charge in [0.15, 0.2) is 0 Å². The molecule has 1 aliphatic heterocycles. The summed E-state index contributed by atoms with van der Waals surface area (Å²) in [7, 11) is 0. The summed E-state index contributed by atoms with van der Waals surface area (Å²) in [6, 6.07) is 4.27. The minimum atomic E-state index is -0.525. The van der Waals surface area contributed by atoms with Crippen molar-refractivity contribution in [1.29, 1.82) is 0 Å². The van der Waals surface area contributed by atoms with E-state index >= 15 is 0 Å². The Morgan fingerprint density at radius 2 is 2.16 bits per heavy atom. The van der Waals surface area contributed by atoms with E-state index in [2.05, 4.69) is 12.2 Å². The second-order valence-corrected chi connectivity index (χ2v) is 7.17. The molecule has 0 spiro atoms. The molecule has 1 heterocycles. The van der Waals surface area contributed by atoms with Crippen molar-refractivity contribution in [3.63, 3.8) is 0 Å². The van der Waals surface area contributed by atoms with Gasteiger partial charge >= 0.3 is 0 Å². The topological polar surface area (TPSA) is 49.4 Å². The molecular weight excluding hydrogens is 343 g/mol. The van der Waals surface area contributed by atoms with Crippen LogP contribution in [0.4, 0.5) is 10.1 Å². The quantitative estimate of drug-likeness (QED) is 0.695. The Morgan fingerprint density at radius 3 is 2.84 bits per heavy atom. The molecular formula is C19H26ClFN2O2. The van der Waals surface area contributed by atoms with Crippen LogP contribution in [0.2, 0.25) is 5.02 Å². The second-order valence-electron chi connectivity index (χ2n) is 6.76. The first-order valence-electron chi connectivity index (χ1n) is 8.98. The summed E-state index contributed by atoms with van der Waals surface area (Å²) in [5, 5.41) is 2.98. The van der Waals surface area contributed by atoms with Crippen molar-refractivity contribution < 1.29 is 14.0 Å². The fourth-order valence-corrected chi connectivity index (χ4v) is 3.27. The van der Waals surface area contributed by atoms with Gasteiger partial charge in [0.05, 0.1) is 10.9 Å². The Bertz CT molecular complexity index is 623. The van der Waals surface area contributed by atoms with Crippen LogP contribution in [0.15, 0.2) is 18.2 Å². The van der Waals surface area contributed by atoms with Crippen molar-refractivity contribution in [3.05, 3.63) is 29.0 Å². The first kappa shape index (κ1) is 19.7. The van der Waals surface area contributed by atoms with Crippen LogP contribution >= 0.6 is 11.6 Å². The van der Waals surface area contributed by atoms with Crippen LogP contribution in [-0.2, 0) is 9.59 Å². The Morgan fingerprint density at radius 1 is 1.40 bits per heavy atom. The monoisotopic (exact) mass is 368 g/mol. The number of hydrogen-bond donors (Lipinski definition) is 1. The van der Waals surface area contributed by atoms with Crippen molar-refractivity contribution in [3.8, 4) is 0 Å². The molecule has 0 radical (unpaired) electrons. The molecule has 6 heteroatoms. The Hall–Kier alpha value is -1.62. The zero-order chi connectivity index (χ0) is 18.4. The first-order valence-corrected chi connectivity index (χ1v) is 9.36. The van der Waals surface area contributed by atoms with Crippen LogP contribution in [0, 0.1) is 11.7 Å². The van der Waals surface area contributed by atoms with Gasteiger partial charge in [0.2, 0.25) is 11.8 Å². The number of nitrogens with one attached hydrogen (secondary N) is 1. The van der Waals surface area contributed by atoms with Gasteiger partial charge in [-0.3, -0.25) is 9.59 Å². The summed E-state index contributed by atoms with van der Waals surface area (Å²) < 4.78 is 13.3. The van der Waals surface area contributed by atoms with Gasteiger partial charge in [-0.25, -0.2) is 4.39 Å². The lowest BCUT2D eigenvalue weighted by Gasteiger charge is -2.19. The zero-order valence-corrected chi connectivity index (χ0v) is 15.6. The number of hydrogen-bond acceptors (Lipinski definition) is 2. The standard InChI is InChI=1S/C19H26ClFN2O2/c1-3-4-5-6-7-13(2)22-19(25)14-10-18(24)23(12-14)15-8-9-17(21)16(20)11-15/h8-9,11,13-14H,3-7,10,12H2,1-2H3,(H,22,25). The number of halogens is 2. The maximum atomic E-state index is 13.3. The molecule has 2 amide bonds. The smallest absolute Gasteiger partial charge is 0.227 e. The van der Waals surface area contributed by atoms with Crippen molar-refractivity contribution in [2.45, 2.75) is 58.4 Å². The minimum Gasteiger partial charge on any atom is -0.353 e. The molecule has 0 bridgehead atoms. The lowest BCUT2D eigenvalue weighted by atomic mass is 10.1. The molecule has 1 aliphatic rings. The summed E-state index contributed by atoms with van der Waals surface area (Å²) in [4.78, 5) is 26.1. The normalized spacial score (nSPS) is 18.5. The highest BCUT2D eigenvalue weighted by molar-refractivity contribution is 6.31. The van der Waals surface area contributed by atoms with Crippen molar-refractivity contribution in [1.82, 2.24) is 5.32 Å². The molecule has 1 aromatic rings. The highest BCUT2D eigenvalue weighted by Crippen LogP contribution is 2.28. The van der Waals surface area contributed by atoms with E-state index < -0.39 is 5.82 Å². The largest absolute Gasteiger partial charge is 0.353 e. The van der Waals surface area contributed by atoms with Crippen LogP contribution in [0.1, 0.15) is 52.4 Å². The first-order chi connectivity index (χ1) is 11.9. The summed E-state index contributed by atoms with van der Waals surface area (Å²) >= 11 is 5.79. The Kier molecular flexibility index (Phi) is 7.24. The molecule has 0 aromatic heterocycles. The van der Waals surface area contributed by atoms with Gasteiger partial charge in [-0.2, -0.15) is 0 Å². The number of amides is 2. The molecule has 1 aromatic carbocycles. The summed E-state index contributed by atoms with van der Waals surface area (Å²) in [5.41, 5.74) is 0.527. The molecule has 1 N–H and O–H groups in total. The third-order valence-corrected chi connectivity index (χ3v) is 4.88. The minimum absolute atomic E-state index is 0.0288. The molecule has 1 saturated heterocycles. The number of benzene rings is 1. The number of carbonyl (C=O) groups excluding carboxylic acids is 2. The van der Waals surface area contributed by atoms with Crippen LogP contribution < -0.4 is 10.2 Å². The van der Waals surface area contributed by atoms with Gasteiger partial charge in [0.1, 0.15) is 5.82 Å². The molecule has 4 nitrogen and oxygen atoms in total. The molecule has 0 aliphatic carbocycles. The SMILES string of the molecule is CCCCCCC(C)NC(=O)C1CC(=O)N(c2ccc(F)c(Cl)c2)C1. The van der Waals surface area contributed by atoms with Crippen LogP contribution in [0.25, 0.3) is 0 Å². The molecule has 2 unspecified atom stereocenters. The number of rotatable bonds is 8. The van der Waals surface area contributed by atoms with Gasteiger partial charge in [-0.15, -0.1) is 0 Å². The average molecular weight is 369 g/mol. The highest BCUT2D eigenvalue weighted by atomic mass is 35.5. The maximum absolute atomic E-state index is 13.3. The number of nitrogens with zero attached hydrogens (tertiary/aromatic N) is 1. The second kappa shape index (κ2) is 9.18. The predicted octanol–water partition coefficient (Wildman–Crippen LogP) is 4.31. The fourth-order valence-electron chi connectivity index (χ4n) is 3.10. The van der Waals surface area contributed by atoms with E-state index in [9.17, 15) is 14.0 Å². The van der Waals surface area contributed by atoms with Gasteiger partial charge in [0, 0.05) is 24.7 Å². The third kappa shape index (κ3) is 5.43. The number of carbonyl (C=O) groups is 2. The van der Waals surface area contributed by atoms with Crippen molar-refractivity contribution in [2.75, 3.05) is 11.4 Å². The van der Waals surface area contributed by atoms with E-state index in [0.717, 1.165) is 12.8 Å². The van der Waals surface area contributed by atoms with E-state index in [-0.39, 0.29) is 35.2 Å². The maximum Gasteiger partial charge on any atom is 0.227 e. The van der Waals surface area contributed by atoms with E-state index in [1.165, 1.54) is 42.4 Å². The van der Waals surface area contributed by atoms with Crippen LogP contribution in [0.5, 0.6) is 0 Å². The van der Waals surface area contributed by atoms with Gasteiger partial charge in [0.25, 0.3) is 0 Å². The molecule has 25 heavy (non-hydrogen) atoms. The number of unbranched alkanes of at least 4 members (excludes halogenated alkanes) is 3. The van der Waals surface area contributed by atoms with E-state index in [0.29, 0.717) is 12.2 Å². The summed E-state index contributed by atoms with van der Waals surface area (Å²) in [6.07, 6.45) is 5.80. The highest BCUT2D eigenvalue weighted by Gasteiger charge is 2.35. The summed E-state index contributed by atoms with van der Waals surface area (Å²) in [6.45, 7) is 4.47. The zero-order valence-electron chi connectivity index (χ0n) is 14.9. The van der Waals surface area contributed by atoms with Crippen LogP contribution in [0.3, 0.4) is 0 Å². The number of anilines is 1. The van der Waals surface area contributed by atoms with E-state index in [1.54, 1.807) is 0 Å². The molecule has 2 atom stereocenters. The lowest BCUT2D eigenvalue weighted by Crippen LogP contribution is -2.38. The van der Waals surface area contributed by atoms with Crippen LogP contribution in [-0.4, -0.2) is 24.4 Å². The lowest BCUT2D eigenvalue weighted by molar-refractivity contribution is -0.126. The molecule has 0 saturated carbocycles. The van der Waals surface area contributed by atoms with Gasteiger partial charge in [-0.1, -0.05) is 44.2 Å². The predicted molar refractivity (Wildman–Crippen MR) is 98.2 cm³/mol. The Labute approximate surface area is 153 Å². The van der Waals surface area contributed by atoms with Crippen molar-refractivity contribution in [2.24, 2.45) is 5.92 Å². The van der Waals surface area contributed by atoms with Gasteiger partial charge < -0.3 is 10.2 Å². The fraction of sp³-hybridized carbons (Fsp3) is 0.579. The van der Waals surface area contributed by atoms with E-state index in [1.807, 2.05) is 6.92 Å². The molecule has 138 valence electrons. The van der Waals surface area contributed by atoms with E-state index in [4.69, 9.17) is 11.6 Å². The van der Waals surface area contributed by atoms with Crippen molar-refractivity contribution >= 4 is 29.1 Å². The van der Waals surface area contributed by atoms with Gasteiger partial charge in [-0.05, 0) is 31.5 Å². The summed E-state index contributed by atoms with van der Waals surface area (Å²) in [5.74, 6) is -1.14. The average Bonchev–Trinajstić information content (AvgIpc) is 2.96. The Balaban J connectivity index is 1.88. The third-order valence-electron chi connectivity index (χ3n) is 4.59.